The number of aromatic nitrogens is 1. The number of hydrogen-bond donors (Lipinski definition) is 1. The van der Waals surface area contributed by atoms with Crippen molar-refractivity contribution in [3.63, 3.8) is 0 Å². The van der Waals surface area contributed by atoms with Crippen molar-refractivity contribution >= 4 is 39.1 Å². The van der Waals surface area contributed by atoms with Gasteiger partial charge in [-0.25, -0.2) is 4.98 Å². The SMILES string of the molecule is O=C(Nc1ccccc1-c1nc2ccccc2s1)C1CC(=O)N(Cc2ccco2)C1. The second-order valence-electron chi connectivity index (χ2n) is 7.28. The highest BCUT2D eigenvalue weighted by molar-refractivity contribution is 7.21. The van der Waals surface area contributed by atoms with Gasteiger partial charge in [0.1, 0.15) is 10.8 Å². The molecule has 2 aromatic carbocycles. The van der Waals surface area contributed by atoms with Crippen molar-refractivity contribution in [1.29, 1.82) is 0 Å². The van der Waals surface area contributed by atoms with Gasteiger partial charge in [-0.3, -0.25) is 9.59 Å². The molecule has 4 aromatic rings. The fraction of sp³-hybridized carbons (Fsp3) is 0.174. The van der Waals surface area contributed by atoms with E-state index in [9.17, 15) is 9.59 Å². The highest BCUT2D eigenvalue weighted by Crippen LogP contribution is 2.35. The Bertz CT molecular complexity index is 1180. The first-order valence-corrected chi connectivity index (χ1v) is 10.5. The van der Waals surface area contributed by atoms with Gasteiger partial charge in [-0.1, -0.05) is 24.3 Å². The van der Waals surface area contributed by atoms with Crippen LogP contribution < -0.4 is 5.32 Å². The minimum Gasteiger partial charge on any atom is -0.467 e. The van der Waals surface area contributed by atoms with Crippen LogP contribution in [0.5, 0.6) is 0 Å². The molecule has 30 heavy (non-hydrogen) atoms. The Morgan fingerprint density at radius 1 is 1.13 bits per heavy atom. The predicted molar refractivity (Wildman–Crippen MR) is 116 cm³/mol. The molecule has 1 aliphatic heterocycles. The lowest BCUT2D eigenvalue weighted by Crippen LogP contribution is -2.28. The van der Waals surface area contributed by atoms with Crippen LogP contribution in [0.2, 0.25) is 0 Å². The Hall–Kier alpha value is -3.45. The number of carbonyl (C=O) groups excluding carboxylic acids is 2. The Morgan fingerprint density at radius 2 is 1.97 bits per heavy atom. The minimum absolute atomic E-state index is 0.0361. The number of benzene rings is 2. The zero-order valence-corrected chi connectivity index (χ0v) is 16.9. The summed E-state index contributed by atoms with van der Waals surface area (Å²) in [4.78, 5) is 31.7. The monoisotopic (exact) mass is 417 g/mol. The number of anilines is 1. The zero-order valence-electron chi connectivity index (χ0n) is 16.1. The molecule has 7 heteroatoms. The normalized spacial score (nSPS) is 16.3. The molecule has 1 N–H and O–H groups in total. The maximum Gasteiger partial charge on any atom is 0.229 e. The third kappa shape index (κ3) is 3.59. The second-order valence-corrected chi connectivity index (χ2v) is 8.31. The van der Waals surface area contributed by atoms with Crippen LogP contribution in [0.25, 0.3) is 20.8 Å². The molecule has 150 valence electrons. The zero-order chi connectivity index (χ0) is 20.5. The number of para-hydroxylation sites is 2. The fourth-order valence-electron chi connectivity index (χ4n) is 3.69. The standard InChI is InChI=1S/C23H19N3O3S/c27-21-12-15(13-26(21)14-16-6-5-11-29-16)22(28)24-18-8-2-1-7-17(18)23-25-19-9-3-4-10-20(19)30-23/h1-11,15H,12-14H2,(H,24,28). The van der Waals surface area contributed by atoms with Gasteiger partial charge in [0.05, 0.1) is 34.6 Å². The van der Waals surface area contributed by atoms with Gasteiger partial charge in [0, 0.05) is 18.5 Å². The minimum atomic E-state index is -0.393. The molecule has 1 saturated heterocycles. The molecule has 6 nitrogen and oxygen atoms in total. The molecule has 5 rings (SSSR count). The molecule has 3 heterocycles. The molecule has 1 fully saturated rings. The van der Waals surface area contributed by atoms with Crippen LogP contribution in [-0.4, -0.2) is 28.2 Å². The van der Waals surface area contributed by atoms with E-state index in [1.54, 1.807) is 28.6 Å². The first kappa shape index (κ1) is 18.6. The van der Waals surface area contributed by atoms with Crippen LogP contribution in [0.1, 0.15) is 12.2 Å². The number of hydrogen-bond acceptors (Lipinski definition) is 5. The molecule has 0 radical (unpaired) electrons. The summed E-state index contributed by atoms with van der Waals surface area (Å²) in [5.74, 6) is 0.131. The van der Waals surface area contributed by atoms with Gasteiger partial charge in [-0.2, -0.15) is 0 Å². The summed E-state index contributed by atoms with van der Waals surface area (Å²) in [6.45, 7) is 0.770. The predicted octanol–water partition coefficient (Wildman–Crippen LogP) is 4.54. The van der Waals surface area contributed by atoms with Crippen LogP contribution in [-0.2, 0) is 16.1 Å². The number of fused-ring (bicyclic) bond motifs is 1. The maximum absolute atomic E-state index is 12.9. The summed E-state index contributed by atoms with van der Waals surface area (Å²) in [5, 5.41) is 3.88. The van der Waals surface area contributed by atoms with Gasteiger partial charge in [0.2, 0.25) is 11.8 Å². The van der Waals surface area contributed by atoms with Gasteiger partial charge in [-0.05, 0) is 36.4 Å². The van der Waals surface area contributed by atoms with Gasteiger partial charge in [0.15, 0.2) is 0 Å². The topological polar surface area (TPSA) is 75.4 Å². The van der Waals surface area contributed by atoms with E-state index in [0.29, 0.717) is 24.5 Å². The Balaban J connectivity index is 1.34. The molecule has 1 aliphatic rings. The van der Waals surface area contributed by atoms with E-state index < -0.39 is 5.92 Å². The average molecular weight is 417 g/mol. The number of likely N-dealkylation sites (tertiary alicyclic amines) is 1. The molecule has 1 unspecified atom stereocenters. The van der Waals surface area contributed by atoms with Crippen molar-refractivity contribution in [3.05, 3.63) is 72.7 Å². The van der Waals surface area contributed by atoms with Crippen molar-refractivity contribution in [2.75, 3.05) is 11.9 Å². The smallest absolute Gasteiger partial charge is 0.229 e. The van der Waals surface area contributed by atoms with Crippen molar-refractivity contribution in [3.8, 4) is 10.6 Å². The highest BCUT2D eigenvalue weighted by Gasteiger charge is 2.35. The third-order valence-electron chi connectivity index (χ3n) is 5.22. The van der Waals surface area contributed by atoms with E-state index in [0.717, 1.165) is 20.8 Å². The Morgan fingerprint density at radius 3 is 2.80 bits per heavy atom. The molecule has 1 atom stereocenters. The van der Waals surface area contributed by atoms with Gasteiger partial charge >= 0.3 is 0 Å². The lowest BCUT2D eigenvalue weighted by molar-refractivity contribution is -0.128. The number of carbonyl (C=O) groups is 2. The van der Waals surface area contributed by atoms with E-state index in [1.165, 1.54) is 0 Å². The van der Waals surface area contributed by atoms with Gasteiger partial charge in [0.25, 0.3) is 0 Å². The van der Waals surface area contributed by atoms with Gasteiger partial charge < -0.3 is 14.6 Å². The first-order chi connectivity index (χ1) is 14.7. The molecule has 2 aromatic heterocycles. The van der Waals surface area contributed by atoms with Crippen molar-refractivity contribution in [1.82, 2.24) is 9.88 Å². The van der Waals surface area contributed by atoms with Crippen LogP contribution >= 0.6 is 11.3 Å². The quantitative estimate of drug-likeness (QED) is 0.517. The molecule has 0 bridgehead atoms. The number of rotatable bonds is 5. The van der Waals surface area contributed by atoms with Crippen LogP contribution in [0, 0.1) is 5.92 Å². The summed E-state index contributed by atoms with van der Waals surface area (Å²) in [5.41, 5.74) is 2.52. The first-order valence-electron chi connectivity index (χ1n) is 9.73. The number of nitrogens with one attached hydrogen (secondary N) is 1. The van der Waals surface area contributed by atoms with E-state index in [4.69, 9.17) is 9.40 Å². The summed E-state index contributed by atoms with van der Waals surface area (Å²) < 4.78 is 6.43. The van der Waals surface area contributed by atoms with E-state index in [2.05, 4.69) is 5.32 Å². The van der Waals surface area contributed by atoms with Crippen LogP contribution in [0.4, 0.5) is 5.69 Å². The Labute approximate surface area is 177 Å². The van der Waals surface area contributed by atoms with E-state index in [-0.39, 0.29) is 18.2 Å². The maximum atomic E-state index is 12.9. The molecule has 0 aliphatic carbocycles. The average Bonchev–Trinajstić information content (AvgIpc) is 3.49. The van der Waals surface area contributed by atoms with Crippen molar-refractivity contribution in [2.24, 2.45) is 5.92 Å². The van der Waals surface area contributed by atoms with E-state index >= 15 is 0 Å². The van der Waals surface area contributed by atoms with Crippen molar-refractivity contribution in [2.45, 2.75) is 13.0 Å². The fourth-order valence-corrected chi connectivity index (χ4v) is 4.70. The summed E-state index contributed by atoms with van der Waals surface area (Å²) in [7, 11) is 0. The third-order valence-corrected chi connectivity index (χ3v) is 6.29. The molecule has 0 spiro atoms. The molecular formula is C23H19N3O3S. The van der Waals surface area contributed by atoms with Crippen molar-refractivity contribution < 1.29 is 14.0 Å². The highest BCUT2D eigenvalue weighted by atomic mass is 32.1. The van der Waals surface area contributed by atoms with E-state index in [1.807, 2.05) is 54.6 Å². The lowest BCUT2D eigenvalue weighted by Gasteiger charge is -2.15. The van der Waals surface area contributed by atoms with Crippen LogP contribution in [0.15, 0.2) is 71.3 Å². The number of thiazole rings is 1. The molecule has 0 saturated carbocycles. The number of amides is 2. The largest absolute Gasteiger partial charge is 0.467 e. The molecular weight excluding hydrogens is 398 g/mol. The number of furan rings is 1. The summed E-state index contributed by atoms with van der Waals surface area (Å²) in [6, 6.07) is 19.2. The summed E-state index contributed by atoms with van der Waals surface area (Å²) in [6.07, 6.45) is 1.79. The Kier molecular flexibility index (Phi) is 4.80. The summed E-state index contributed by atoms with van der Waals surface area (Å²) >= 11 is 1.59. The van der Waals surface area contributed by atoms with Gasteiger partial charge in [-0.15, -0.1) is 11.3 Å². The lowest BCUT2D eigenvalue weighted by atomic mass is 10.1. The van der Waals surface area contributed by atoms with Crippen LogP contribution in [0.3, 0.4) is 0 Å². The second kappa shape index (κ2) is 7.76. The number of nitrogens with zero attached hydrogens (tertiary/aromatic N) is 2. The molecule has 2 amide bonds.